The fourth-order valence-corrected chi connectivity index (χ4v) is 3.37. The lowest BCUT2D eigenvalue weighted by Gasteiger charge is -2.07. The first-order chi connectivity index (χ1) is 10.6. The van der Waals surface area contributed by atoms with Gasteiger partial charge in [0.15, 0.2) is 0 Å². The lowest BCUT2D eigenvalue weighted by atomic mass is 10.1. The van der Waals surface area contributed by atoms with E-state index in [-0.39, 0.29) is 11.5 Å². The number of hydrogen-bond donors (Lipinski definition) is 0. The SMILES string of the molecule is CCCCCCC=CCCCOS(=O)(=O)c1ccccc1C. The molecule has 0 aliphatic carbocycles. The van der Waals surface area contributed by atoms with Crippen LogP contribution in [0.5, 0.6) is 0 Å². The summed E-state index contributed by atoms with van der Waals surface area (Å²) in [6.07, 6.45) is 12.1. The highest BCUT2D eigenvalue weighted by Crippen LogP contribution is 2.17. The second-order valence-electron chi connectivity index (χ2n) is 5.50. The highest BCUT2D eigenvalue weighted by molar-refractivity contribution is 7.86. The Kier molecular flexibility index (Phi) is 9.09. The predicted octanol–water partition coefficient (Wildman–Crippen LogP) is 5.01. The van der Waals surface area contributed by atoms with Gasteiger partial charge in [0, 0.05) is 0 Å². The molecule has 0 spiro atoms. The summed E-state index contributed by atoms with van der Waals surface area (Å²) >= 11 is 0. The molecule has 0 aliphatic rings. The molecule has 0 N–H and O–H groups in total. The molecule has 1 rings (SSSR count). The van der Waals surface area contributed by atoms with Gasteiger partial charge in [0.25, 0.3) is 10.1 Å². The number of rotatable bonds is 11. The molecule has 0 aliphatic heterocycles. The summed E-state index contributed by atoms with van der Waals surface area (Å²) in [5, 5.41) is 0. The van der Waals surface area contributed by atoms with Gasteiger partial charge in [-0.1, -0.05) is 56.5 Å². The molecule has 22 heavy (non-hydrogen) atoms. The summed E-state index contributed by atoms with van der Waals surface area (Å²) in [6, 6.07) is 6.89. The average Bonchev–Trinajstić information content (AvgIpc) is 2.49. The molecule has 1 aromatic rings. The summed E-state index contributed by atoms with van der Waals surface area (Å²) in [4.78, 5) is 0.265. The van der Waals surface area contributed by atoms with Crippen LogP contribution in [-0.4, -0.2) is 15.0 Å². The van der Waals surface area contributed by atoms with Gasteiger partial charge in [0.05, 0.1) is 11.5 Å². The maximum absolute atomic E-state index is 12.0. The lowest BCUT2D eigenvalue weighted by Crippen LogP contribution is -2.08. The second kappa shape index (κ2) is 10.6. The molecule has 0 unspecified atom stereocenters. The number of allylic oxidation sites excluding steroid dienone is 2. The number of benzene rings is 1. The fourth-order valence-electron chi connectivity index (χ4n) is 2.19. The van der Waals surface area contributed by atoms with E-state index in [1.54, 1.807) is 25.1 Å². The monoisotopic (exact) mass is 324 g/mol. The minimum atomic E-state index is -3.62. The van der Waals surface area contributed by atoms with Crippen LogP contribution in [0, 0.1) is 6.92 Å². The van der Waals surface area contributed by atoms with Crippen LogP contribution < -0.4 is 0 Å². The Morgan fingerprint density at radius 3 is 2.36 bits per heavy atom. The summed E-state index contributed by atoms with van der Waals surface area (Å²) in [7, 11) is -3.62. The first-order valence-corrected chi connectivity index (χ1v) is 9.59. The van der Waals surface area contributed by atoms with Crippen LogP contribution in [0.4, 0.5) is 0 Å². The van der Waals surface area contributed by atoms with Crippen LogP contribution in [0.3, 0.4) is 0 Å². The van der Waals surface area contributed by atoms with E-state index in [1.807, 2.05) is 6.07 Å². The van der Waals surface area contributed by atoms with Gasteiger partial charge in [-0.25, -0.2) is 0 Å². The maximum atomic E-state index is 12.0. The van der Waals surface area contributed by atoms with Crippen molar-refractivity contribution >= 4 is 10.1 Å². The van der Waals surface area contributed by atoms with Gasteiger partial charge < -0.3 is 0 Å². The topological polar surface area (TPSA) is 43.4 Å². The van der Waals surface area contributed by atoms with Crippen molar-refractivity contribution in [3.8, 4) is 0 Å². The van der Waals surface area contributed by atoms with E-state index in [4.69, 9.17) is 4.18 Å². The van der Waals surface area contributed by atoms with Gasteiger partial charge in [0.1, 0.15) is 0 Å². The van der Waals surface area contributed by atoms with Crippen molar-refractivity contribution < 1.29 is 12.6 Å². The third kappa shape index (κ3) is 7.23. The van der Waals surface area contributed by atoms with E-state index < -0.39 is 10.1 Å². The van der Waals surface area contributed by atoms with E-state index in [2.05, 4.69) is 19.1 Å². The number of hydrogen-bond acceptors (Lipinski definition) is 3. The van der Waals surface area contributed by atoms with Gasteiger partial charge in [-0.2, -0.15) is 8.42 Å². The van der Waals surface area contributed by atoms with E-state index in [0.717, 1.165) is 24.8 Å². The lowest BCUT2D eigenvalue weighted by molar-refractivity contribution is 0.313. The molecule has 0 saturated heterocycles. The first kappa shape index (κ1) is 18.9. The van der Waals surface area contributed by atoms with E-state index in [1.165, 1.54) is 25.7 Å². The van der Waals surface area contributed by atoms with E-state index in [9.17, 15) is 8.42 Å². The van der Waals surface area contributed by atoms with E-state index in [0.29, 0.717) is 0 Å². The standard InChI is InChI=1S/C18H28O3S/c1-3-4-5-6-7-8-9-10-13-16-21-22(19,20)18-15-12-11-14-17(18)2/h8-9,11-12,14-15H,3-7,10,13,16H2,1-2H3. The quantitative estimate of drug-likeness (QED) is 0.326. The molecule has 0 fully saturated rings. The molecule has 0 radical (unpaired) electrons. The van der Waals surface area contributed by atoms with Crippen molar-refractivity contribution in [3.05, 3.63) is 42.0 Å². The van der Waals surface area contributed by atoms with Gasteiger partial charge >= 0.3 is 0 Å². The smallest absolute Gasteiger partial charge is 0.266 e. The van der Waals surface area contributed by atoms with Gasteiger partial charge in [-0.05, 0) is 44.2 Å². The zero-order valence-electron chi connectivity index (χ0n) is 13.8. The Balaban J connectivity index is 2.22. The van der Waals surface area contributed by atoms with Gasteiger partial charge in [-0.15, -0.1) is 0 Å². The fraction of sp³-hybridized carbons (Fsp3) is 0.556. The van der Waals surface area contributed by atoms with Crippen LogP contribution in [0.2, 0.25) is 0 Å². The van der Waals surface area contributed by atoms with Gasteiger partial charge in [-0.3, -0.25) is 4.18 Å². The number of aryl methyl sites for hydroxylation is 1. The average molecular weight is 324 g/mol. The summed E-state index contributed by atoms with van der Waals surface area (Å²) < 4.78 is 29.2. The Morgan fingerprint density at radius 1 is 1.00 bits per heavy atom. The molecule has 4 heteroatoms. The van der Waals surface area contributed by atoms with Crippen molar-refractivity contribution in [2.75, 3.05) is 6.61 Å². The molecule has 0 bridgehead atoms. The Bertz CT molecular complexity index is 547. The predicted molar refractivity (Wildman–Crippen MR) is 91.4 cm³/mol. The summed E-state index contributed by atoms with van der Waals surface area (Å²) in [5.41, 5.74) is 0.717. The molecule has 0 aromatic heterocycles. The highest BCUT2D eigenvalue weighted by Gasteiger charge is 2.16. The van der Waals surface area contributed by atoms with Crippen LogP contribution in [0.15, 0.2) is 41.3 Å². The first-order valence-electron chi connectivity index (χ1n) is 8.18. The third-order valence-electron chi connectivity index (χ3n) is 3.51. The molecule has 3 nitrogen and oxygen atoms in total. The Hall–Kier alpha value is -1.13. The van der Waals surface area contributed by atoms with Crippen LogP contribution in [-0.2, 0) is 14.3 Å². The van der Waals surface area contributed by atoms with Crippen molar-refractivity contribution in [1.82, 2.24) is 0 Å². The molecule has 0 heterocycles. The Morgan fingerprint density at radius 2 is 1.68 bits per heavy atom. The largest absolute Gasteiger partial charge is 0.297 e. The molecular formula is C18H28O3S. The van der Waals surface area contributed by atoms with E-state index >= 15 is 0 Å². The molecule has 1 aromatic carbocycles. The maximum Gasteiger partial charge on any atom is 0.297 e. The highest BCUT2D eigenvalue weighted by atomic mass is 32.2. The zero-order chi connectivity index (χ0) is 16.3. The van der Waals surface area contributed by atoms with Crippen LogP contribution in [0.1, 0.15) is 57.4 Å². The second-order valence-corrected chi connectivity index (χ2v) is 7.09. The normalized spacial score (nSPS) is 12.1. The molecule has 0 atom stereocenters. The minimum absolute atomic E-state index is 0.233. The van der Waals surface area contributed by atoms with Crippen molar-refractivity contribution in [1.29, 1.82) is 0 Å². The summed E-state index contributed by atoms with van der Waals surface area (Å²) in [5.74, 6) is 0. The minimum Gasteiger partial charge on any atom is -0.266 e. The molecular weight excluding hydrogens is 296 g/mol. The third-order valence-corrected chi connectivity index (χ3v) is 4.98. The molecule has 0 amide bonds. The molecule has 0 saturated carbocycles. The van der Waals surface area contributed by atoms with Gasteiger partial charge in [0.2, 0.25) is 0 Å². The van der Waals surface area contributed by atoms with Crippen molar-refractivity contribution in [2.24, 2.45) is 0 Å². The summed E-state index contributed by atoms with van der Waals surface area (Å²) in [6.45, 7) is 4.22. The Labute approximate surface area is 135 Å². The zero-order valence-corrected chi connectivity index (χ0v) is 14.6. The van der Waals surface area contributed by atoms with Crippen molar-refractivity contribution in [2.45, 2.75) is 63.7 Å². The number of unbranched alkanes of at least 4 members (excludes halogenated alkanes) is 5. The van der Waals surface area contributed by atoms with Crippen LogP contribution in [0.25, 0.3) is 0 Å². The van der Waals surface area contributed by atoms with Crippen LogP contribution >= 0.6 is 0 Å². The molecule has 124 valence electrons. The van der Waals surface area contributed by atoms with Crippen molar-refractivity contribution in [3.63, 3.8) is 0 Å².